The Kier molecular flexibility index (Phi) is 3.59. The molecule has 2 N–H and O–H groups in total. The maximum Gasteiger partial charge on any atom is 0.240 e. The molecule has 6 nitrogen and oxygen atoms in total. The number of benzene rings is 1. The number of primary amides is 1. The van der Waals surface area contributed by atoms with Crippen LogP contribution in [0.25, 0.3) is 10.2 Å². The molecule has 0 bridgehead atoms. The maximum atomic E-state index is 11.6. The number of carbonyl (C=O) groups is 1. The highest BCUT2D eigenvalue weighted by Crippen LogP contribution is 2.41. The first kappa shape index (κ1) is 13.9. The van der Waals surface area contributed by atoms with Gasteiger partial charge in [0.25, 0.3) is 0 Å². The molecule has 1 unspecified atom stereocenters. The van der Waals surface area contributed by atoms with Gasteiger partial charge in [0.05, 0.1) is 14.2 Å². The summed E-state index contributed by atoms with van der Waals surface area (Å²) in [6.45, 7) is 0.790. The quantitative estimate of drug-likeness (QED) is 0.931. The predicted molar refractivity (Wildman–Crippen MR) is 82.3 cm³/mol. The Morgan fingerprint density at radius 2 is 2.10 bits per heavy atom. The van der Waals surface area contributed by atoms with Crippen LogP contribution in [0, 0.1) is 0 Å². The van der Waals surface area contributed by atoms with Crippen molar-refractivity contribution in [2.24, 2.45) is 5.73 Å². The number of aromatic nitrogens is 1. The number of hydrogen-bond acceptors (Lipinski definition) is 6. The molecule has 0 spiro atoms. The number of fused-ring (bicyclic) bond motifs is 1. The number of nitrogens with zero attached hydrogens (tertiary/aromatic N) is 2. The van der Waals surface area contributed by atoms with Gasteiger partial charge in [-0.15, -0.1) is 0 Å². The summed E-state index contributed by atoms with van der Waals surface area (Å²) >= 11 is 1.50. The summed E-state index contributed by atoms with van der Waals surface area (Å²) in [5.74, 6) is 1.15. The van der Waals surface area contributed by atoms with Crippen LogP contribution in [0.5, 0.6) is 11.5 Å². The third-order valence-corrected chi connectivity index (χ3v) is 4.83. The van der Waals surface area contributed by atoms with E-state index in [2.05, 4.69) is 4.98 Å². The Bertz CT molecular complexity index is 644. The van der Waals surface area contributed by atoms with Crippen LogP contribution in [-0.4, -0.2) is 37.7 Å². The predicted octanol–water partition coefficient (Wildman–Crippen LogP) is 1.77. The Hall–Kier alpha value is -2.02. The zero-order valence-corrected chi connectivity index (χ0v) is 12.8. The van der Waals surface area contributed by atoms with Crippen LogP contribution in [0.3, 0.4) is 0 Å². The van der Waals surface area contributed by atoms with Crippen LogP contribution in [0.1, 0.15) is 12.8 Å². The highest BCUT2D eigenvalue weighted by Gasteiger charge is 2.31. The fraction of sp³-hybridized carbons (Fsp3) is 0.429. The first-order valence-corrected chi connectivity index (χ1v) is 7.55. The molecule has 1 fully saturated rings. The lowest BCUT2D eigenvalue weighted by atomic mass is 10.2. The molecule has 1 aliphatic rings. The molecule has 1 aromatic heterocycles. The standard InChI is InChI=1S/C14H17N3O3S/c1-19-9-5-6-10(20-2)12-11(9)16-14(21-12)17-7-3-4-8(17)13(15)18/h5-6,8H,3-4,7H2,1-2H3,(H2,15,18). The van der Waals surface area contributed by atoms with Gasteiger partial charge in [-0.05, 0) is 25.0 Å². The number of nitrogens with two attached hydrogens (primary N) is 1. The molecule has 0 aliphatic carbocycles. The summed E-state index contributed by atoms with van der Waals surface area (Å²) in [4.78, 5) is 18.2. The van der Waals surface area contributed by atoms with Gasteiger partial charge in [0.15, 0.2) is 5.13 Å². The minimum atomic E-state index is -0.300. The van der Waals surface area contributed by atoms with Gasteiger partial charge in [0.2, 0.25) is 5.91 Å². The maximum absolute atomic E-state index is 11.6. The van der Waals surface area contributed by atoms with E-state index < -0.39 is 0 Å². The number of hydrogen-bond donors (Lipinski definition) is 1. The average molecular weight is 307 g/mol. The Labute approximate surface area is 126 Å². The second kappa shape index (κ2) is 5.40. The van der Waals surface area contributed by atoms with E-state index in [9.17, 15) is 4.79 Å². The Balaban J connectivity index is 2.10. The summed E-state index contributed by atoms with van der Waals surface area (Å²) in [6.07, 6.45) is 1.72. The van der Waals surface area contributed by atoms with Gasteiger partial charge in [-0.1, -0.05) is 11.3 Å². The number of ether oxygens (including phenoxy) is 2. The zero-order valence-electron chi connectivity index (χ0n) is 12.0. The summed E-state index contributed by atoms with van der Waals surface area (Å²) in [5.41, 5.74) is 6.24. The van der Waals surface area contributed by atoms with Gasteiger partial charge in [-0.3, -0.25) is 4.79 Å². The average Bonchev–Trinajstić information content (AvgIpc) is 3.11. The van der Waals surface area contributed by atoms with Crippen LogP contribution < -0.4 is 20.1 Å². The second-order valence-corrected chi connectivity index (χ2v) is 5.88. The van der Waals surface area contributed by atoms with Gasteiger partial charge < -0.3 is 20.1 Å². The van der Waals surface area contributed by atoms with E-state index in [1.807, 2.05) is 17.0 Å². The first-order valence-electron chi connectivity index (χ1n) is 6.73. The second-order valence-electron chi connectivity index (χ2n) is 4.90. The van der Waals surface area contributed by atoms with Crippen LogP contribution in [-0.2, 0) is 4.79 Å². The highest BCUT2D eigenvalue weighted by molar-refractivity contribution is 7.22. The van der Waals surface area contributed by atoms with Crippen LogP contribution >= 0.6 is 11.3 Å². The SMILES string of the molecule is COc1ccc(OC)c2sc(N3CCCC3C(N)=O)nc12. The lowest BCUT2D eigenvalue weighted by Gasteiger charge is -2.20. The van der Waals surface area contributed by atoms with Gasteiger partial charge >= 0.3 is 0 Å². The zero-order chi connectivity index (χ0) is 15.0. The number of anilines is 1. The molecule has 1 aliphatic heterocycles. The lowest BCUT2D eigenvalue weighted by molar-refractivity contribution is -0.119. The fourth-order valence-electron chi connectivity index (χ4n) is 2.69. The van der Waals surface area contributed by atoms with E-state index in [0.717, 1.165) is 40.5 Å². The largest absolute Gasteiger partial charge is 0.495 e. The number of thiazole rings is 1. The third kappa shape index (κ3) is 2.27. The molecule has 1 saturated heterocycles. The van der Waals surface area contributed by atoms with Crippen molar-refractivity contribution in [2.45, 2.75) is 18.9 Å². The van der Waals surface area contributed by atoms with Crippen molar-refractivity contribution in [1.29, 1.82) is 0 Å². The van der Waals surface area contributed by atoms with Crippen LogP contribution in [0.4, 0.5) is 5.13 Å². The fourth-order valence-corrected chi connectivity index (χ4v) is 3.84. The van der Waals surface area contributed by atoms with E-state index in [4.69, 9.17) is 15.2 Å². The molecule has 1 atom stereocenters. The number of methoxy groups -OCH3 is 2. The Morgan fingerprint density at radius 1 is 1.38 bits per heavy atom. The van der Waals surface area contributed by atoms with Gasteiger partial charge in [0.1, 0.15) is 27.8 Å². The molecule has 2 heterocycles. The molecule has 1 aromatic carbocycles. The summed E-state index contributed by atoms with van der Waals surface area (Å²) in [6, 6.07) is 3.42. The molecule has 3 rings (SSSR count). The van der Waals surface area contributed by atoms with Crippen molar-refractivity contribution < 1.29 is 14.3 Å². The summed E-state index contributed by atoms with van der Waals surface area (Å²) < 4.78 is 11.7. The van der Waals surface area contributed by atoms with Crippen LogP contribution in [0.2, 0.25) is 0 Å². The molecule has 0 saturated carbocycles. The molecular formula is C14H17N3O3S. The number of rotatable bonds is 4. The topological polar surface area (TPSA) is 77.7 Å². The van der Waals surface area contributed by atoms with Crippen molar-refractivity contribution >= 4 is 32.6 Å². The lowest BCUT2D eigenvalue weighted by Crippen LogP contribution is -2.40. The van der Waals surface area contributed by atoms with Crippen molar-refractivity contribution in [3.05, 3.63) is 12.1 Å². The minimum Gasteiger partial charge on any atom is -0.495 e. The molecule has 21 heavy (non-hydrogen) atoms. The van der Waals surface area contributed by atoms with Crippen molar-refractivity contribution in [1.82, 2.24) is 4.98 Å². The monoisotopic (exact) mass is 307 g/mol. The third-order valence-electron chi connectivity index (χ3n) is 3.73. The first-order chi connectivity index (χ1) is 10.2. The van der Waals surface area contributed by atoms with Crippen LogP contribution in [0.15, 0.2) is 12.1 Å². The smallest absolute Gasteiger partial charge is 0.240 e. The van der Waals surface area contributed by atoms with E-state index in [-0.39, 0.29) is 11.9 Å². The number of amides is 1. The van der Waals surface area contributed by atoms with Crippen molar-refractivity contribution in [3.8, 4) is 11.5 Å². The summed E-state index contributed by atoms with van der Waals surface area (Å²) in [7, 11) is 3.24. The normalized spacial score (nSPS) is 18.2. The van der Waals surface area contributed by atoms with E-state index >= 15 is 0 Å². The molecular weight excluding hydrogens is 290 g/mol. The Morgan fingerprint density at radius 3 is 2.76 bits per heavy atom. The molecule has 112 valence electrons. The van der Waals surface area contributed by atoms with E-state index in [1.54, 1.807) is 14.2 Å². The molecule has 7 heteroatoms. The number of carbonyl (C=O) groups excluding carboxylic acids is 1. The van der Waals surface area contributed by atoms with E-state index in [1.165, 1.54) is 11.3 Å². The summed E-state index contributed by atoms with van der Waals surface area (Å²) in [5, 5.41) is 0.786. The van der Waals surface area contributed by atoms with Gasteiger partial charge in [-0.2, -0.15) is 0 Å². The minimum absolute atomic E-state index is 0.275. The van der Waals surface area contributed by atoms with Gasteiger partial charge in [-0.25, -0.2) is 4.98 Å². The van der Waals surface area contributed by atoms with Gasteiger partial charge in [0, 0.05) is 6.54 Å². The highest BCUT2D eigenvalue weighted by atomic mass is 32.1. The molecule has 1 amide bonds. The van der Waals surface area contributed by atoms with Crippen molar-refractivity contribution in [3.63, 3.8) is 0 Å². The molecule has 0 radical (unpaired) electrons. The van der Waals surface area contributed by atoms with Crippen molar-refractivity contribution in [2.75, 3.05) is 25.7 Å². The van der Waals surface area contributed by atoms with E-state index in [0.29, 0.717) is 5.75 Å². The molecule has 2 aromatic rings.